The molecule has 0 spiro atoms. The SMILES string of the molecule is CCOC(=O)N1CCN(C(=O)COC(=O)c2cc3ccccc3s2)CC1. The van der Waals surface area contributed by atoms with Gasteiger partial charge in [0, 0.05) is 30.9 Å². The van der Waals surface area contributed by atoms with Gasteiger partial charge in [0.25, 0.3) is 5.91 Å². The van der Waals surface area contributed by atoms with Crippen LogP contribution in [0.4, 0.5) is 4.79 Å². The molecule has 3 rings (SSSR count). The van der Waals surface area contributed by atoms with Crippen LogP contribution in [0.5, 0.6) is 0 Å². The lowest BCUT2D eigenvalue weighted by atomic mass is 10.2. The molecular formula is C18H20N2O5S. The van der Waals surface area contributed by atoms with Crippen molar-refractivity contribution in [1.29, 1.82) is 0 Å². The van der Waals surface area contributed by atoms with Gasteiger partial charge in [0.15, 0.2) is 6.61 Å². The van der Waals surface area contributed by atoms with Gasteiger partial charge in [-0.3, -0.25) is 4.79 Å². The molecule has 1 aromatic heterocycles. The number of nitrogens with zero attached hydrogens (tertiary/aromatic N) is 2. The first-order chi connectivity index (χ1) is 12.6. The molecule has 1 aliphatic rings. The number of piperazine rings is 1. The van der Waals surface area contributed by atoms with Crippen LogP contribution in [-0.2, 0) is 14.3 Å². The zero-order valence-corrected chi connectivity index (χ0v) is 15.3. The Balaban J connectivity index is 1.48. The third kappa shape index (κ3) is 4.13. The van der Waals surface area contributed by atoms with E-state index in [0.717, 1.165) is 10.1 Å². The number of hydrogen-bond acceptors (Lipinski definition) is 6. The molecule has 0 radical (unpaired) electrons. The predicted octanol–water partition coefficient (Wildman–Crippen LogP) is 2.36. The maximum atomic E-state index is 12.2. The lowest BCUT2D eigenvalue weighted by molar-refractivity contribution is -0.136. The second-order valence-electron chi connectivity index (χ2n) is 5.79. The number of fused-ring (bicyclic) bond motifs is 1. The Morgan fingerprint density at radius 2 is 1.73 bits per heavy atom. The van der Waals surface area contributed by atoms with Crippen molar-refractivity contribution in [2.24, 2.45) is 0 Å². The number of rotatable bonds is 4. The number of ether oxygens (including phenoxy) is 2. The first kappa shape index (κ1) is 18.2. The van der Waals surface area contributed by atoms with Gasteiger partial charge in [-0.15, -0.1) is 11.3 Å². The number of thiophene rings is 1. The number of carbonyl (C=O) groups is 3. The lowest BCUT2D eigenvalue weighted by Gasteiger charge is -2.33. The molecule has 0 bridgehead atoms. The molecule has 2 aromatic rings. The molecule has 26 heavy (non-hydrogen) atoms. The summed E-state index contributed by atoms with van der Waals surface area (Å²) in [7, 11) is 0. The van der Waals surface area contributed by atoms with Crippen molar-refractivity contribution < 1.29 is 23.9 Å². The zero-order valence-electron chi connectivity index (χ0n) is 14.5. The predicted molar refractivity (Wildman–Crippen MR) is 97.3 cm³/mol. The van der Waals surface area contributed by atoms with E-state index in [9.17, 15) is 14.4 Å². The normalized spacial score (nSPS) is 14.3. The molecule has 1 aliphatic heterocycles. The van der Waals surface area contributed by atoms with Crippen molar-refractivity contribution in [3.63, 3.8) is 0 Å². The average Bonchev–Trinajstić information content (AvgIpc) is 3.10. The van der Waals surface area contributed by atoms with Crippen molar-refractivity contribution in [3.05, 3.63) is 35.2 Å². The van der Waals surface area contributed by atoms with Gasteiger partial charge in [-0.1, -0.05) is 18.2 Å². The van der Waals surface area contributed by atoms with Gasteiger partial charge in [0.2, 0.25) is 0 Å². The topological polar surface area (TPSA) is 76.2 Å². The number of carbonyl (C=O) groups excluding carboxylic acids is 3. The van der Waals surface area contributed by atoms with Gasteiger partial charge >= 0.3 is 12.1 Å². The molecule has 1 fully saturated rings. The summed E-state index contributed by atoms with van der Waals surface area (Å²) in [4.78, 5) is 39.7. The highest BCUT2D eigenvalue weighted by molar-refractivity contribution is 7.20. The van der Waals surface area contributed by atoms with Gasteiger partial charge < -0.3 is 19.3 Å². The Hall–Kier alpha value is -2.61. The number of amides is 2. The molecule has 7 nitrogen and oxygen atoms in total. The number of esters is 1. The first-order valence-electron chi connectivity index (χ1n) is 8.43. The van der Waals surface area contributed by atoms with E-state index in [2.05, 4.69) is 0 Å². The second-order valence-corrected chi connectivity index (χ2v) is 6.88. The van der Waals surface area contributed by atoms with Gasteiger partial charge in [-0.05, 0) is 24.4 Å². The molecule has 1 aromatic carbocycles. The maximum absolute atomic E-state index is 12.2. The second kappa shape index (κ2) is 8.18. The Labute approximate surface area is 155 Å². The molecule has 0 saturated carbocycles. The van der Waals surface area contributed by atoms with Crippen LogP contribution in [0.25, 0.3) is 10.1 Å². The summed E-state index contributed by atoms with van der Waals surface area (Å²) in [5.74, 6) is -0.757. The Morgan fingerprint density at radius 1 is 1.04 bits per heavy atom. The number of hydrogen-bond donors (Lipinski definition) is 0. The third-order valence-corrected chi connectivity index (χ3v) is 5.21. The van der Waals surface area contributed by atoms with E-state index in [0.29, 0.717) is 37.7 Å². The van der Waals surface area contributed by atoms with Crippen molar-refractivity contribution in [3.8, 4) is 0 Å². The molecule has 2 amide bonds. The van der Waals surface area contributed by atoms with Crippen LogP contribution < -0.4 is 0 Å². The Bertz CT molecular complexity index is 778. The fourth-order valence-electron chi connectivity index (χ4n) is 2.73. The van der Waals surface area contributed by atoms with Crippen molar-refractivity contribution in [2.45, 2.75) is 6.92 Å². The van der Waals surface area contributed by atoms with E-state index < -0.39 is 5.97 Å². The summed E-state index contributed by atoms with van der Waals surface area (Å²) in [5.41, 5.74) is 0. The van der Waals surface area contributed by atoms with E-state index in [1.54, 1.807) is 22.8 Å². The fraction of sp³-hybridized carbons (Fsp3) is 0.389. The zero-order chi connectivity index (χ0) is 18.5. The molecule has 2 heterocycles. The van der Waals surface area contributed by atoms with Gasteiger partial charge in [-0.25, -0.2) is 9.59 Å². The van der Waals surface area contributed by atoms with E-state index in [1.165, 1.54) is 11.3 Å². The first-order valence-corrected chi connectivity index (χ1v) is 9.25. The van der Waals surface area contributed by atoms with E-state index in [4.69, 9.17) is 9.47 Å². The molecule has 0 unspecified atom stereocenters. The highest BCUT2D eigenvalue weighted by atomic mass is 32.1. The molecule has 0 N–H and O–H groups in total. The standard InChI is InChI=1S/C18H20N2O5S/c1-2-24-18(23)20-9-7-19(8-10-20)16(21)12-25-17(22)15-11-13-5-3-4-6-14(13)26-15/h3-6,11H,2,7-10,12H2,1H3. The van der Waals surface area contributed by atoms with Crippen LogP contribution in [0.1, 0.15) is 16.6 Å². The van der Waals surface area contributed by atoms with Crippen LogP contribution in [0.15, 0.2) is 30.3 Å². The van der Waals surface area contributed by atoms with Gasteiger partial charge in [0.05, 0.1) is 6.61 Å². The Morgan fingerprint density at radius 3 is 2.42 bits per heavy atom. The third-order valence-electron chi connectivity index (χ3n) is 4.11. The van der Waals surface area contributed by atoms with Crippen molar-refractivity contribution >= 4 is 39.4 Å². The molecular weight excluding hydrogens is 356 g/mol. The smallest absolute Gasteiger partial charge is 0.409 e. The summed E-state index contributed by atoms with van der Waals surface area (Å²) in [6.07, 6.45) is -0.365. The highest BCUT2D eigenvalue weighted by Gasteiger charge is 2.25. The van der Waals surface area contributed by atoms with Gasteiger partial charge in [-0.2, -0.15) is 0 Å². The summed E-state index contributed by atoms with van der Waals surface area (Å²) in [6, 6.07) is 9.45. The van der Waals surface area contributed by atoms with E-state index >= 15 is 0 Å². The molecule has 1 saturated heterocycles. The molecule has 138 valence electrons. The minimum absolute atomic E-state index is 0.261. The fourth-order valence-corrected chi connectivity index (χ4v) is 3.68. The number of benzene rings is 1. The maximum Gasteiger partial charge on any atom is 0.409 e. The van der Waals surface area contributed by atoms with Crippen molar-refractivity contribution in [2.75, 3.05) is 39.4 Å². The molecule has 0 aliphatic carbocycles. The van der Waals surface area contributed by atoms with E-state index in [1.807, 2.05) is 24.3 Å². The summed E-state index contributed by atoms with van der Waals surface area (Å²) in [5, 5.41) is 0.978. The van der Waals surface area contributed by atoms with Crippen LogP contribution in [0, 0.1) is 0 Å². The van der Waals surface area contributed by atoms with Crippen LogP contribution in [0.3, 0.4) is 0 Å². The average molecular weight is 376 g/mol. The van der Waals surface area contributed by atoms with Crippen LogP contribution in [0.2, 0.25) is 0 Å². The summed E-state index contributed by atoms with van der Waals surface area (Å²) in [6.45, 7) is 3.40. The van der Waals surface area contributed by atoms with Crippen molar-refractivity contribution in [1.82, 2.24) is 9.80 Å². The van der Waals surface area contributed by atoms with Gasteiger partial charge in [0.1, 0.15) is 4.88 Å². The molecule has 0 atom stereocenters. The largest absolute Gasteiger partial charge is 0.451 e. The minimum Gasteiger partial charge on any atom is -0.451 e. The Kier molecular flexibility index (Phi) is 5.72. The summed E-state index contributed by atoms with van der Waals surface area (Å²) >= 11 is 1.34. The van der Waals surface area contributed by atoms with E-state index in [-0.39, 0.29) is 18.6 Å². The minimum atomic E-state index is -0.496. The monoisotopic (exact) mass is 376 g/mol. The quantitative estimate of drug-likeness (QED) is 0.766. The molecule has 8 heteroatoms. The van der Waals surface area contributed by atoms with Crippen LogP contribution in [-0.4, -0.2) is 67.2 Å². The summed E-state index contributed by atoms with van der Waals surface area (Å²) < 4.78 is 11.1. The van der Waals surface area contributed by atoms with Crippen LogP contribution >= 0.6 is 11.3 Å². The lowest BCUT2D eigenvalue weighted by Crippen LogP contribution is -2.51. The highest BCUT2D eigenvalue weighted by Crippen LogP contribution is 2.25.